The highest BCUT2D eigenvalue weighted by Crippen LogP contribution is 2.16. The van der Waals surface area contributed by atoms with E-state index in [2.05, 4.69) is 15.5 Å². The standard InChI is InChI=1S/C17H14ClFN4O/c1-23-15-8-3-2-7-14(15)21-16(23)9-17(24)22-20-10-11-12(18)5-4-6-13(11)19/h2-8,10H,9H2,1H3,(H,22,24). The van der Waals surface area contributed by atoms with Crippen LogP contribution in [-0.2, 0) is 18.3 Å². The zero-order valence-electron chi connectivity index (χ0n) is 12.8. The van der Waals surface area contributed by atoms with Crippen LogP contribution in [0.3, 0.4) is 0 Å². The van der Waals surface area contributed by atoms with Crippen LogP contribution in [0.4, 0.5) is 4.39 Å². The summed E-state index contributed by atoms with van der Waals surface area (Å²) in [6, 6.07) is 11.9. The third-order valence-corrected chi connectivity index (χ3v) is 3.91. The van der Waals surface area contributed by atoms with Crippen LogP contribution in [0, 0.1) is 5.82 Å². The summed E-state index contributed by atoms with van der Waals surface area (Å²) in [4.78, 5) is 16.4. The van der Waals surface area contributed by atoms with Crippen LogP contribution in [0.5, 0.6) is 0 Å². The molecule has 24 heavy (non-hydrogen) atoms. The predicted molar refractivity (Wildman–Crippen MR) is 91.6 cm³/mol. The molecule has 2 aromatic carbocycles. The lowest BCUT2D eigenvalue weighted by Gasteiger charge is -2.02. The molecule has 1 aromatic heterocycles. The van der Waals surface area contributed by atoms with E-state index in [1.54, 1.807) is 6.07 Å². The maximum absolute atomic E-state index is 13.6. The number of hydrazone groups is 1. The molecule has 0 bridgehead atoms. The zero-order valence-corrected chi connectivity index (χ0v) is 13.6. The van der Waals surface area contributed by atoms with Crippen molar-refractivity contribution >= 4 is 34.8 Å². The minimum atomic E-state index is -0.504. The third-order valence-electron chi connectivity index (χ3n) is 3.58. The summed E-state index contributed by atoms with van der Waals surface area (Å²) in [6.45, 7) is 0. The number of amides is 1. The first-order chi connectivity index (χ1) is 11.6. The number of nitrogens with one attached hydrogen (secondary N) is 1. The van der Waals surface area contributed by atoms with E-state index in [0.717, 1.165) is 11.0 Å². The molecule has 0 saturated heterocycles. The minimum Gasteiger partial charge on any atom is -0.331 e. The van der Waals surface area contributed by atoms with Gasteiger partial charge in [-0.05, 0) is 24.3 Å². The Hall–Kier alpha value is -2.73. The van der Waals surface area contributed by atoms with Crippen molar-refractivity contribution in [2.75, 3.05) is 0 Å². The molecule has 0 unspecified atom stereocenters. The summed E-state index contributed by atoms with van der Waals surface area (Å²) < 4.78 is 15.4. The summed E-state index contributed by atoms with van der Waals surface area (Å²) in [5.74, 6) is -0.235. The van der Waals surface area contributed by atoms with Crippen molar-refractivity contribution in [1.29, 1.82) is 0 Å². The lowest BCUT2D eigenvalue weighted by Crippen LogP contribution is -2.21. The van der Waals surface area contributed by atoms with Gasteiger partial charge < -0.3 is 4.57 Å². The van der Waals surface area contributed by atoms with Gasteiger partial charge in [0.15, 0.2) is 0 Å². The summed E-state index contributed by atoms with van der Waals surface area (Å²) in [5, 5.41) is 3.98. The molecule has 0 saturated carbocycles. The van der Waals surface area contributed by atoms with Gasteiger partial charge in [0, 0.05) is 12.6 Å². The third kappa shape index (κ3) is 3.28. The van der Waals surface area contributed by atoms with Crippen LogP contribution in [0.2, 0.25) is 5.02 Å². The van der Waals surface area contributed by atoms with E-state index in [1.165, 1.54) is 18.3 Å². The van der Waals surface area contributed by atoms with Gasteiger partial charge in [-0.3, -0.25) is 4.79 Å². The topological polar surface area (TPSA) is 59.3 Å². The second-order valence-electron chi connectivity index (χ2n) is 5.18. The number of nitrogens with zero attached hydrogens (tertiary/aromatic N) is 3. The lowest BCUT2D eigenvalue weighted by atomic mass is 10.2. The first kappa shape index (κ1) is 16.1. The molecule has 0 fully saturated rings. The molecule has 1 N–H and O–H groups in total. The van der Waals surface area contributed by atoms with E-state index in [0.29, 0.717) is 5.82 Å². The molecule has 0 radical (unpaired) electrons. The number of hydrogen-bond acceptors (Lipinski definition) is 3. The molecule has 0 aliphatic carbocycles. The molecule has 122 valence electrons. The fourth-order valence-electron chi connectivity index (χ4n) is 2.34. The van der Waals surface area contributed by atoms with Gasteiger partial charge in [-0.1, -0.05) is 29.8 Å². The van der Waals surface area contributed by atoms with Crippen LogP contribution in [0.1, 0.15) is 11.4 Å². The number of aryl methyl sites for hydroxylation is 1. The molecule has 3 aromatic rings. The average Bonchev–Trinajstić information content (AvgIpc) is 2.87. The van der Waals surface area contributed by atoms with Crippen molar-refractivity contribution in [3.8, 4) is 0 Å². The van der Waals surface area contributed by atoms with Crippen molar-refractivity contribution in [3.05, 3.63) is 64.7 Å². The second kappa shape index (κ2) is 6.80. The van der Waals surface area contributed by atoms with Gasteiger partial charge in [0.05, 0.1) is 28.7 Å². The van der Waals surface area contributed by atoms with Gasteiger partial charge in [-0.2, -0.15) is 5.10 Å². The van der Waals surface area contributed by atoms with Crippen LogP contribution >= 0.6 is 11.6 Å². The number of fused-ring (bicyclic) bond motifs is 1. The van der Waals surface area contributed by atoms with Crippen molar-refractivity contribution in [3.63, 3.8) is 0 Å². The summed E-state index contributed by atoms with van der Waals surface area (Å²) in [7, 11) is 1.85. The predicted octanol–water partition coefficient (Wildman–Crippen LogP) is 3.06. The van der Waals surface area contributed by atoms with Gasteiger partial charge in [0.2, 0.25) is 5.91 Å². The van der Waals surface area contributed by atoms with Gasteiger partial charge >= 0.3 is 0 Å². The highest BCUT2D eigenvalue weighted by atomic mass is 35.5. The molecule has 1 heterocycles. The number of para-hydroxylation sites is 2. The Balaban J connectivity index is 1.69. The number of rotatable bonds is 4. The van der Waals surface area contributed by atoms with E-state index in [9.17, 15) is 9.18 Å². The first-order valence-corrected chi connectivity index (χ1v) is 7.60. The smallest absolute Gasteiger partial charge is 0.247 e. The van der Waals surface area contributed by atoms with Crippen molar-refractivity contribution < 1.29 is 9.18 Å². The Morgan fingerprint density at radius 3 is 2.88 bits per heavy atom. The Morgan fingerprint density at radius 1 is 1.33 bits per heavy atom. The van der Waals surface area contributed by atoms with E-state index >= 15 is 0 Å². The van der Waals surface area contributed by atoms with Gasteiger partial charge in [-0.25, -0.2) is 14.8 Å². The molecular formula is C17H14ClFN4O. The maximum atomic E-state index is 13.6. The fourth-order valence-corrected chi connectivity index (χ4v) is 2.55. The Bertz CT molecular complexity index is 915. The Kier molecular flexibility index (Phi) is 4.57. The largest absolute Gasteiger partial charge is 0.331 e. The van der Waals surface area contributed by atoms with E-state index in [1.807, 2.05) is 35.9 Å². The molecule has 1 amide bonds. The number of aromatic nitrogens is 2. The number of halogens is 2. The molecule has 7 heteroatoms. The molecule has 0 atom stereocenters. The molecule has 0 aliphatic heterocycles. The lowest BCUT2D eigenvalue weighted by molar-refractivity contribution is -0.120. The monoisotopic (exact) mass is 344 g/mol. The van der Waals surface area contributed by atoms with E-state index in [4.69, 9.17) is 11.6 Å². The molecule has 3 rings (SSSR count). The summed E-state index contributed by atoms with van der Waals surface area (Å²) in [6.07, 6.45) is 1.25. The quantitative estimate of drug-likeness (QED) is 0.584. The molecule has 5 nitrogen and oxygen atoms in total. The van der Waals surface area contributed by atoms with Crippen molar-refractivity contribution in [1.82, 2.24) is 15.0 Å². The van der Waals surface area contributed by atoms with Crippen LogP contribution < -0.4 is 5.43 Å². The van der Waals surface area contributed by atoms with Gasteiger partial charge in [-0.15, -0.1) is 0 Å². The maximum Gasteiger partial charge on any atom is 0.247 e. The van der Waals surface area contributed by atoms with Crippen LogP contribution in [-0.4, -0.2) is 21.7 Å². The first-order valence-electron chi connectivity index (χ1n) is 7.22. The second-order valence-corrected chi connectivity index (χ2v) is 5.59. The van der Waals surface area contributed by atoms with E-state index in [-0.39, 0.29) is 22.9 Å². The van der Waals surface area contributed by atoms with Gasteiger partial charge in [0.25, 0.3) is 0 Å². The number of carbonyl (C=O) groups is 1. The molecule has 0 aliphatic rings. The zero-order chi connectivity index (χ0) is 17.1. The summed E-state index contributed by atoms with van der Waals surface area (Å²) >= 11 is 5.88. The molecule has 0 spiro atoms. The van der Waals surface area contributed by atoms with E-state index < -0.39 is 5.82 Å². The number of hydrogen-bond donors (Lipinski definition) is 1. The number of benzene rings is 2. The normalized spacial score (nSPS) is 11.3. The van der Waals surface area contributed by atoms with Crippen LogP contribution in [0.15, 0.2) is 47.6 Å². The number of carbonyl (C=O) groups excluding carboxylic acids is 1. The SMILES string of the molecule is Cn1c(CC(=O)NN=Cc2c(F)cccc2Cl)nc2ccccc21. The fraction of sp³-hybridized carbons (Fsp3) is 0.118. The number of imidazole rings is 1. The summed E-state index contributed by atoms with van der Waals surface area (Å²) in [5.41, 5.74) is 4.25. The highest BCUT2D eigenvalue weighted by Gasteiger charge is 2.11. The van der Waals surface area contributed by atoms with Crippen molar-refractivity contribution in [2.45, 2.75) is 6.42 Å². The average molecular weight is 345 g/mol. The molecular weight excluding hydrogens is 331 g/mol. The van der Waals surface area contributed by atoms with Gasteiger partial charge in [0.1, 0.15) is 11.6 Å². The van der Waals surface area contributed by atoms with Crippen LogP contribution in [0.25, 0.3) is 11.0 Å². The Labute approximate surface area is 142 Å². The minimum absolute atomic E-state index is 0.0630. The van der Waals surface area contributed by atoms with Crippen molar-refractivity contribution in [2.24, 2.45) is 12.1 Å². The Morgan fingerprint density at radius 2 is 2.12 bits per heavy atom. The highest BCUT2D eigenvalue weighted by molar-refractivity contribution is 6.33.